The summed E-state index contributed by atoms with van der Waals surface area (Å²) >= 11 is 0. The molecule has 0 unspecified atom stereocenters. The van der Waals surface area contributed by atoms with Gasteiger partial charge in [0, 0.05) is 6.42 Å². The van der Waals surface area contributed by atoms with Gasteiger partial charge in [-0.1, -0.05) is 36.1 Å². The van der Waals surface area contributed by atoms with E-state index in [2.05, 4.69) is 17.2 Å². The van der Waals surface area contributed by atoms with Crippen LogP contribution in [0.15, 0.2) is 24.3 Å². The molecule has 0 saturated heterocycles. The molecular weight excluding hydrogens is 294 g/mol. The maximum Gasteiger partial charge on any atom is 0.408 e. The van der Waals surface area contributed by atoms with Gasteiger partial charge < -0.3 is 19.9 Å². The first-order valence-electron chi connectivity index (χ1n) is 7.66. The van der Waals surface area contributed by atoms with E-state index in [1.165, 1.54) is 0 Å². The number of nitrogens with one attached hydrogen (secondary N) is 1. The van der Waals surface area contributed by atoms with Crippen LogP contribution in [0.5, 0.6) is 0 Å². The van der Waals surface area contributed by atoms with Crippen molar-refractivity contribution in [3.05, 3.63) is 35.4 Å². The highest BCUT2D eigenvalue weighted by Gasteiger charge is 2.35. The highest BCUT2D eigenvalue weighted by atomic mass is 16.6. The van der Waals surface area contributed by atoms with Gasteiger partial charge >= 0.3 is 6.09 Å². The Morgan fingerprint density at radius 2 is 2.09 bits per heavy atom. The fraction of sp³-hybridized carbons (Fsp3) is 0.500. The summed E-state index contributed by atoms with van der Waals surface area (Å²) in [6.45, 7) is 5.51. The molecule has 2 N–H and O–H groups in total. The molecule has 5 nitrogen and oxygen atoms in total. The van der Waals surface area contributed by atoms with Crippen LogP contribution in [-0.4, -0.2) is 36.1 Å². The van der Waals surface area contributed by atoms with Gasteiger partial charge in [-0.05, 0) is 31.9 Å². The molecule has 2 rings (SSSR count). The zero-order chi connectivity index (χ0) is 16.9. The number of aliphatic hydroxyl groups excluding tert-OH is 1. The SMILES string of the molecule is CC(C)(C)OC(=O)N[C@H]1c2ccccc2C[C@H]1OCC#CCO. The number of benzene rings is 1. The van der Waals surface area contributed by atoms with Crippen LogP contribution in [0, 0.1) is 11.8 Å². The Morgan fingerprint density at radius 1 is 1.35 bits per heavy atom. The van der Waals surface area contributed by atoms with Crippen molar-refractivity contribution in [2.75, 3.05) is 13.2 Å². The first kappa shape index (κ1) is 17.3. The lowest BCUT2D eigenvalue weighted by Gasteiger charge is -2.25. The molecule has 1 aromatic carbocycles. The van der Waals surface area contributed by atoms with Crippen molar-refractivity contribution in [1.29, 1.82) is 0 Å². The molecule has 23 heavy (non-hydrogen) atoms. The topological polar surface area (TPSA) is 67.8 Å². The summed E-state index contributed by atoms with van der Waals surface area (Å²) in [6.07, 6.45) is 0.0411. The molecule has 0 aromatic heterocycles. The molecule has 2 atom stereocenters. The van der Waals surface area contributed by atoms with Gasteiger partial charge in [0.25, 0.3) is 0 Å². The number of hydrogen-bond donors (Lipinski definition) is 2. The highest BCUT2D eigenvalue weighted by molar-refractivity contribution is 5.69. The molecule has 1 amide bonds. The molecule has 0 heterocycles. The van der Waals surface area contributed by atoms with Crippen LogP contribution in [0.25, 0.3) is 0 Å². The molecule has 1 aliphatic rings. The second-order valence-corrected chi connectivity index (χ2v) is 6.39. The van der Waals surface area contributed by atoms with E-state index in [0.717, 1.165) is 11.1 Å². The molecule has 0 fully saturated rings. The standard InChI is InChI=1S/C18H23NO4/c1-18(2,3)23-17(21)19-16-14-9-5-4-8-13(14)12-15(16)22-11-7-6-10-20/h4-5,8-9,15-16,20H,10-12H2,1-3H3,(H,19,21)/t15-,16+/m1/s1. The lowest BCUT2D eigenvalue weighted by atomic mass is 10.1. The predicted octanol–water partition coefficient (Wildman–Crippen LogP) is 2.19. The fourth-order valence-electron chi connectivity index (χ4n) is 2.57. The van der Waals surface area contributed by atoms with Crippen LogP contribution >= 0.6 is 0 Å². The van der Waals surface area contributed by atoms with Gasteiger partial charge in [-0.3, -0.25) is 0 Å². The summed E-state index contributed by atoms with van der Waals surface area (Å²) in [7, 11) is 0. The number of amides is 1. The van der Waals surface area contributed by atoms with Gasteiger partial charge in [0.05, 0.1) is 12.1 Å². The van der Waals surface area contributed by atoms with E-state index in [1.54, 1.807) is 0 Å². The number of ether oxygens (including phenoxy) is 2. The minimum atomic E-state index is -0.550. The monoisotopic (exact) mass is 317 g/mol. The van der Waals surface area contributed by atoms with Crippen molar-refractivity contribution in [2.45, 2.75) is 44.9 Å². The molecule has 0 spiro atoms. The van der Waals surface area contributed by atoms with Gasteiger partial charge in [-0.25, -0.2) is 4.79 Å². The van der Waals surface area contributed by atoms with Gasteiger partial charge in [0.1, 0.15) is 18.8 Å². The molecular formula is C18H23NO4. The maximum atomic E-state index is 12.1. The second-order valence-electron chi connectivity index (χ2n) is 6.39. The highest BCUT2D eigenvalue weighted by Crippen LogP contribution is 2.33. The second kappa shape index (κ2) is 7.49. The number of aliphatic hydroxyl groups is 1. The summed E-state index contributed by atoms with van der Waals surface area (Å²) in [5.41, 5.74) is 1.64. The molecule has 5 heteroatoms. The predicted molar refractivity (Wildman–Crippen MR) is 86.9 cm³/mol. The summed E-state index contributed by atoms with van der Waals surface area (Å²) in [5.74, 6) is 5.28. The van der Waals surface area contributed by atoms with Crippen molar-refractivity contribution in [3.8, 4) is 11.8 Å². The number of fused-ring (bicyclic) bond motifs is 1. The van der Waals surface area contributed by atoms with Crippen molar-refractivity contribution in [3.63, 3.8) is 0 Å². The zero-order valence-electron chi connectivity index (χ0n) is 13.8. The van der Waals surface area contributed by atoms with Crippen molar-refractivity contribution in [2.24, 2.45) is 0 Å². The molecule has 0 bridgehead atoms. The van der Waals surface area contributed by atoms with Gasteiger partial charge in [-0.15, -0.1) is 0 Å². The molecule has 1 aromatic rings. The van der Waals surface area contributed by atoms with Crippen LogP contribution in [0.3, 0.4) is 0 Å². The number of carbonyl (C=O) groups excluding carboxylic acids is 1. The van der Waals surface area contributed by atoms with Gasteiger partial charge in [0.2, 0.25) is 0 Å². The maximum absolute atomic E-state index is 12.1. The third kappa shape index (κ3) is 4.98. The van der Waals surface area contributed by atoms with Crippen LogP contribution in [0.4, 0.5) is 4.79 Å². The summed E-state index contributed by atoms with van der Waals surface area (Å²) in [6, 6.07) is 7.66. The number of carbonyl (C=O) groups is 1. The minimum absolute atomic E-state index is 0.187. The number of hydrogen-bond acceptors (Lipinski definition) is 4. The lowest BCUT2D eigenvalue weighted by molar-refractivity contribution is 0.0304. The summed E-state index contributed by atoms with van der Waals surface area (Å²) in [5, 5.41) is 11.6. The molecule has 0 radical (unpaired) electrons. The first-order chi connectivity index (χ1) is 10.9. The van der Waals surface area contributed by atoms with E-state index in [1.807, 2.05) is 45.0 Å². The Balaban J connectivity index is 2.08. The molecule has 0 aliphatic heterocycles. The number of alkyl carbamates (subject to hydrolysis) is 1. The fourth-order valence-corrected chi connectivity index (χ4v) is 2.57. The van der Waals surface area contributed by atoms with E-state index in [9.17, 15) is 4.79 Å². The third-order valence-electron chi connectivity index (χ3n) is 3.43. The molecule has 0 saturated carbocycles. The van der Waals surface area contributed by atoms with E-state index in [0.29, 0.717) is 6.42 Å². The summed E-state index contributed by atoms with van der Waals surface area (Å²) < 4.78 is 11.1. The first-order valence-corrected chi connectivity index (χ1v) is 7.66. The average molecular weight is 317 g/mol. The Kier molecular flexibility index (Phi) is 5.64. The Labute approximate surface area is 137 Å². The minimum Gasteiger partial charge on any atom is -0.444 e. The van der Waals surface area contributed by atoms with Crippen molar-refractivity contribution < 1.29 is 19.4 Å². The Morgan fingerprint density at radius 3 is 2.78 bits per heavy atom. The lowest BCUT2D eigenvalue weighted by Crippen LogP contribution is -2.39. The van der Waals surface area contributed by atoms with Crippen LogP contribution in [0.1, 0.15) is 37.9 Å². The normalized spacial score (nSPS) is 19.5. The summed E-state index contributed by atoms with van der Waals surface area (Å²) in [4.78, 5) is 12.1. The van der Waals surface area contributed by atoms with Crippen LogP contribution in [-0.2, 0) is 15.9 Å². The molecule has 124 valence electrons. The van der Waals surface area contributed by atoms with Gasteiger partial charge in [0.15, 0.2) is 0 Å². The average Bonchev–Trinajstić information content (AvgIpc) is 2.80. The van der Waals surface area contributed by atoms with E-state index < -0.39 is 11.7 Å². The smallest absolute Gasteiger partial charge is 0.408 e. The Hall–Kier alpha value is -2.03. The Bertz CT molecular complexity index is 609. The van der Waals surface area contributed by atoms with Crippen molar-refractivity contribution in [1.82, 2.24) is 5.32 Å². The number of rotatable bonds is 3. The quantitative estimate of drug-likeness (QED) is 0.839. The van der Waals surface area contributed by atoms with E-state index in [4.69, 9.17) is 14.6 Å². The van der Waals surface area contributed by atoms with E-state index >= 15 is 0 Å². The van der Waals surface area contributed by atoms with Gasteiger partial charge in [-0.2, -0.15) is 0 Å². The largest absolute Gasteiger partial charge is 0.444 e. The van der Waals surface area contributed by atoms with Crippen LogP contribution < -0.4 is 5.32 Å². The van der Waals surface area contributed by atoms with E-state index in [-0.39, 0.29) is 25.4 Å². The molecule has 1 aliphatic carbocycles. The van der Waals surface area contributed by atoms with Crippen molar-refractivity contribution >= 4 is 6.09 Å². The third-order valence-corrected chi connectivity index (χ3v) is 3.43. The van der Waals surface area contributed by atoms with Crippen LogP contribution in [0.2, 0.25) is 0 Å². The zero-order valence-corrected chi connectivity index (χ0v) is 13.8.